The highest BCUT2D eigenvalue weighted by atomic mass is 16.5. The van der Waals surface area contributed by atoms with Gasteiger partial charge < -0.3 is 9.47 Å². The molecule has 0 radical (unpaired) electrons. The van der Waals surface area contributed by atoms with E-state index < -0.39 is 0 Å². The molecule has 0 N–H and O–H groups in total. The predicted molar refractivity (Wildman–Crippen MR) is 102 cm³/mol. The fraction of sp³-hybridized carbons (Fsp3) is 0.182. The smallest absolute Gasteiger partial charge is 0.266 e. The molecule has 0 spiro atoms. The maximum absolute atomic E-state index is 13.3. The third-order valence-electron chi connectivity index (χ3n) is 5.49. The van der Waals surface area contributed by atoms with E-state index in [0.717, 1.165) is 23.6 Å². The topological polar surface area (TPSA) is 55.8 Å². The number of imide groups is 1. The number of rotatable bonds is 3. The number of carbonyl (C=O) groups excluding carboxylic acids is 2. The first-order valence-electron chi connectivity index (χ1n) is 8.82. The maximum atomic E-state index is 13.3. The molecule has 5 nitrogen and oxygen atoms in total. The van der Waals surface area contributed by atoms with Gasteiger partial charge >= 0.3 is 0 Å². The zero-order valence-corrected chi connectivity index (χ0v) is 15.0. The molecule has 134 valence electrons. The number of aryl methyl sites for hydroxylation is 2. The molecule has 2 aliphatic rings. The average molecular weight is 359 g/mol. The van der Waals surface area contributed by atoms with Crippen molar-refractivity contribution in [1.82, 2.24) is 0 Å². The summed E-state index contributed by atoms with van der Waals surface area (Å²) in [5, 5.41) is 1.86. The average Bonchev–Trinajstić information content (AvgIpc) is 3.12. The first kappa shape index (κ1) is 15.9. The summed E-state index contributed by atoms with van der Waals surface area (Å²) in [4.78, 5) is 27.9. The van der Waals surface area contributed by atoms with Crippen LogP contribution in [0.25, 0.3) is 10.8 Å². The molecule has 1 heterocycles. The van der Waals surface area contributed by atoms with Gasteiger partial charge in [0.25, 0.3) is 11.8 Å². The van der Waals surface area contributed by atoms with Crippen molar-refractivity contribution in [1.29, 1.82) is 0 Å². The molecule has 27 heavy (non-hydrogen) atoms. The van der Waals surface area contributed by atoms with Gasteiger partial charge in [0.2, 0.25) is 0 Å². The van der Waals surface area contributed by atoms with Gasteiger partial charge in [-0.1, -0.05) is 12.1 Å². The molecular weight excluding hydrogens is 342 g/mol. The lowest BCUT2D eigenvalue weighted by Crippen LogP contribution is -2.40. The molecule has 0 unspecified atom stereocenters. The van der Waals surface area contributed by atoms with E-state index >= 15 is 0 Å². The molecule has 0 saturated heterocycles. The van der Waals surface area contributed by atoms with Gasteiger partial charge in [-0.05, 0) is 53.6 Å². The third kappa shape index (κ3) is 2.05. The largest absolute Gasteiger partial charge is 0.497 e. The Labute approximate surface area is 156 Å². The number of anilines is 1. The van der Waals surface area contributed by atoms with Gasteiger partial charge in [-0.15, -0.1) is 0 Å². The van der Waals surface area contributed by atoms with Crippen molar-refractivity contribution in [2.45, 2.75) is 12.8 Å². The number of methoxy groups -OCH3 is 2. The molecule has 3 aromatic carbocycles. The van der Waals surface area contributed by atoms with Gasteiger partial charge in [0, 0.05) is 22.6 Å². The lowest BCUT2D eigenvalue weighted by molar-refractivity contribution is 0.0892. The van der Waals surface area contributed by atoms with Crippen LogP contribution in [-0.2, 0) is 12.8 Å². The molecule has 5 rings (SSSR count). The highest BCUT2D eigenvalue weighted by molar-refractivity contribution is 6.36. The number of hydrogen-bond acceptors (Lipinski definition) is 4. The number of ether oxygens (including phenoxy) is 2. The molecule has 1 aliphatic carbocycles. The zero-order valence-electron chi connectivity index (χ0n) is 15.0. The van der Waals surface area contributed by atoms with Crippen LogP contribution in [0.15, 0.2) is 42.5 Å². The lowest BCUT2D eigenvalue weighted by atomic mass is 9.91. The lowest BCUT2D eigenvalue weighted by Gasteiger charge is -2.29. The Hall–Kier alpha value is -3.34. The molecular formula is C22H17NO4. The van der Waals surface area contributed by atoms with E-state index in [4.69, 9.17) is 9.47 Å². The Morgan fingerprint density at radius 2 is 1.41 bits per heavy atom. The van der Waals surface area contributed by atoms with Crippen molar-refractivity contribution in [3.63, 3.8) is 0 Å². The second-order valence-corrected chi connectivity index (χ2v) is 6.78. The number of hydrogen-bond donors (Lipinski definition) is 0. The summed E-state index contributed by atoms with van der Waals surface area (Å²) in [6.07, 6.45) is 1.90. The van der Waals surface area contributed by atoms with E-state index in [-0.39, 0.29) is 11.8 Å². The summed E-state index contributed by atoms with van der Waals surface area (Å²) in [5.74, 6) is 0.310. The minimum atomic E-state index is -0.338. The molecule has 1 aliphatic heterocycles. The summed E-state index contributed by atoms with van der Waals surface area (Å²) in [5.41, 5.74) is 3.90. The number of nitrogens with zero attached hydrogens (tertiary/aromatic N) is 1. The van der Waals surface area contributed by atoms with Crippen molar-refractivity contribution in [3.8, 4) is 11.5 Å². The van der Waals surface area contributed by atoms with Crippen LogP contribution < -0.4 is 14.4 Å². The second-order valence-electron chi connectivity index (χ2n) is 6.78. The number of benzene rings is 3. The Kier molecular flexibility index (Phi) is 3.28. The molecule has 0 atom stereocenters. The van der Waals surface area contributed by atoms with Gasteiger partial charge in [0.15, 0.2) is 0 Å². The van der Waals surface area contributed by atoms with Gasteiger partial charge in [-0.3, -0.25) is 9.59 Å². The van der Waals surface area contributed by atoms with Crippen LogP contribution in [-0.4, -0.2) is 26.0 Å². The van der Waals surface area contributed by atoms with Crippen LogP contribution in [0.3, 0.4) is 0 Å². The predicted octanol–water partition coefficient (Wildman–Crippen LogP) is 3.76. The van der Waals surface area contributed by atoms with E-state index in [1.54, 1.807) is 25.3 Å². The summed E-state index contributed by atoms with van der Waals surface area (Å²) in [6.45, 7) is 0. The van der Waals surface area contributed by atoms with Crippen molar-refractivity contribution in [3.05, 3.63) is 64.7 Å². The fourth-order valence-corrected chi connectivity index (χ4v) is 4.21. The zero-order chi connectivity index (χ0) is 18.7. The van der Waals surface area contributed by atoms with Crippen molar-refractivity contribution >= 4 is 28.3 Å². The second kappa shape index (κ2) is 5.58. The van der Waals surface area contributed by atoms with Crippen molar-refractivity contribution in [2.75, 3.05) is 19.1 Å². The molecule has 0 saturated carbocycles. The van der Waals surface area contributed by atoms with E-state index in [2.05, 4.69) is 0 Å². The van der Waals surface area contributed by atoms with Crippen molar-refractivity contribution in [2.24, 2.45) is 0 Å². The van der Waals surface area contributed by atoms with E-state index in [1.165, 1.54) is 23.1 Å². The fourth-order valence-electron chi connectivity index (χ4n) is 4.21. The Morgan fingerprint density at radius 3 is 1.96 bits per heavy atom. The SMILES string of the molecule is COc1ccc(OC)c(N2C(=O)c3ccc4c5c(ccc(c35)C2=O)CC4)c1. The van der Waals surface area contributed by atoms with Gasteiger partial charge in [0.1, 0.15) is 11.5 Å². The van der Waals surface area contributed by atoms with Crippen LogP contribution in [0.2, 0.25) is 0 Å². The van der Waals surface area contributed by atoms with Crippen LogP contribution in [0.1, 0.15) is 31.8 Å². The summed E-state index contributed by atoms with van der Waals surface area (Å²) in [7, 11) is 3.06. The Balaban J connectivity index is 1.77. The monoisotopic (exact) mass is 359 g/mol. The van der Waals surface area contributed by atoms with E-state index in [0.29, 0.717) is 28.3 Å². The Morgan fingerprint density at radius 1 is 0.778 bits per heavy atom. The standard InChI is InChI=1S/C22H17NO4/c1-26-14-7-10-18(27-2)17(11-14)23-21(24)15-8-5-12-3-4-13-6-9-16(22(23)25)20(15)19(12)13/h5-11H,3-4H2,1-2H3. The number of amides is 2. The molecule has 5 heteroatoms. The van der Waals surface area contributed by atoms with Crippen LogP contribution in [0.4, 0.5) is 5.69 Å². The molecule has 3 aromatic rings. The highest BCUT2D eigenvalue weighted by Crippen LogP contribution is 2.41. The van der Waals surface area contributed by atoms with Crippen LogP contribution in [0.5, 0.6) is 11.5 Å². The summed E-state index contributed by atoms with van der Waals surface area (Å²) >= 11 is 0. The van der Waals surface area contributed by atoms with Gasteiger partial charge in [0.05, 0.1) is 19.9 Å². The third-order valence-corrected chi connectivity index (χ3v) is 5.49. The van der Waals surface area contributed by atoms with Crippen molar-refractivity contribution < 1.29 is 19.1 Å². The molecule has 2 amide bonds. The first-order valence-corrected chi connectivity index (χ1v) is 8.82. The van der Waals surface area contributed by atoms with E-state index in [9.17, 15) is 9.59 Å². The highest BCUT2D eigenvalue weighted by Gasteiger charge is 2.37. The maximum Gasteiger partial charge on any atom is 0.266 e. The molecule has 0 bridgehead atoms. The first-order chi connectivity index (χ1) is 13.1. The quantitative estimate of drug-likeness (QED) is 0.668. The summed E-state index contributed by atoms with van der Waals surface area (Å²) in [6, 6.07) is 12.8. The minimum Gasteiger partial charge on any atom is -0.497 e. The van der Waals surface area contributed by atoms with Gasteiger partial charge in [-0.25, -0.2) is 4.90 Å². The summed E-state index contributed by atoms with van der Waals surface area (Å²) < 4.78 is 10.7. The number of carbonyl (C=O) groups is 2. The minimum absolute atomic E-state index is 0.338. The van der Waals surface area contributed by atoms with Crippen LogP contribution >= 0.6 is 0 Å². The van der Waals surface area contributed by atoms with Crippen LogP contribution in [0, 0.1) is 0 Å². The Bertz CT molecular complexity index is 1090. The van der Waals surface area contributed by atoms with E-state index in [1.807, 2.05) is 24.3 Å². The normalized spacial score (nSPS) is 14.8. The molecule has 0 fully saturated rings. The molecule has 0 aromatic heterocycles. The van der Waals surface area contributed by atoms with Gasteiger partial charge in [-0.2, -0.15) is 0 Å².